The van der Waals surface area contributed by atoms with Crippen LogP contribution >= 0.6 is 0 Å². The molecule has 0 aromatic heterocycles. The highest BCUT2D eigenvalue weighted by Crippen LogP contribution is 2.28. The van der Waals surface area contributed by atoms with Gasteiger partial charge in [-0.25, -0.2) is 4.79 Å². The fourth-order valence-corrected chi connectivity index (χ4v) is 3.51. The molecule has 0 radical (unpaired) electrons. The molecule has 2 heterocycles. The van der Waals surface area contributed by atoms with E-state index in [9.17, 15) is 14.4 Å². The minimum atomic E-state index is -0.617. The summed E-state index contributed by atoms with van der Waals surface area (Å²) in [6, 6.07) is 12.4. The number of amides is 2. The Kier molecular flexibility index (Phi) is 5.92. The highest BCUT2D eigenvalue weighted by atomic mass is 16.5. The topological polar surface area (TPSA) is 97.4 Å². The van der Waals surface area contributed by atoms with E-state index in [1.807, 2.05) is 24.3 Å². The summed E-state index contributed by atoms with van der Waals surface area (Å²) in [5, 5.41) is 2.65. The van der Waals surface area contributed by atoms with Gasteiger partial charge in [-0.15, -0.1) is 0 Å². The molecule has 0 unspecified atom stereocenters. The normalized spacial score (nSPS) is 15.5. The molecule has 0 spiro atoms. The summed E-state index contributed by atoms with van der Waals surface area (Å²) in [4.78, 5) is 40.0. The Hall–Kier alpha value is -3.75. The first kappa shape index (κ1) is 20.5. The Balaban J connectivity index is 1.26. The van der Waals surface area contributed by atoms with Gasteiger partial charge in [0.25, 0.3) is 11.8 Å². The van der Waals surface area contributed by atoms with Crippen LogP contribution in [-0.2, 0) is 14.3 Å². The molecule has 1 N–H and O–H groups in total. The van der Waals surface area contributed by atoms with Crippen LogP contribution in [0.2, 0.25) is 0 Å². The number of fused-ring (bicyclic) bond motifs is 1. The van der Waals surface area contributed by atoms with Gasteiger partial charge >= 0.3 is 5.97 Å². The van der Waals surface area contributed by atoms with Crippen LogP contribution in [0, 0.1) is 0 Å². The molecule has 2 aromatic rings. The summed E-state index contributed by atoms with van der Waals surface area (Å²) < 4.78 is 15.7. The van der Waals surface area contributed by atoms with Gasteiger partial charge < -0.3 is 29.3 Å². The zero-order valence-corrected chi connectivity index (χ0v) is 17.1. The maximum absolute atomic E-state index is 12.5. The fourth-order valence-electron chi connectivity index (χ4n) is 3.51. The summed E-state index contributed by atoms with van der Waals surface area (Å²) in [5.74, 6) is 0.0999. The van der Waals surface area contributed by atoms with Crippen molar-refractivity contribution in [3.8, 4) is 11.5 Å². The van der Waals surface area contributed by atoms with Gasteiger partial charge in [-0.2, -0.15) is 0 Å². The van der Waals surface area contributed by atoms with Crippen LogP contribution in [0.15, 0.2) is 42.5 Å². The molecule has 9 nitrogen and oxygen atoms in total. The van der Waals surface area contributed by atoms with E-state index in [1.165, 1.54) is 12.1 Å². The van der Waals surface area contributed by atoms with Gasteiger partial charge in [-0.1, -0.05) is 0 Å². The standard InChI is InChI=1S/C22H23N3O6/c1-29-17-5-3-16(4-6-17)24-8-10-25(11-9-24)21(27)14-31-22(28)15-2-7-18-19(12-15)30-13-20(26)23-18/h2-7,12H,8-11,13-14H2,1H3,(H,23,26). The maximum Gasteiger partial charge on any atom is 0.338 e. The number of hydrogen-bond acceptors (Lipinski definition) is 7. The third kappa shape index (κ3) is 4.71. The van der Waals surface area contributed by atoms with Crippen molar-refractivity contribution in [2.24, 2.45) is 0 Å². The van der Waals surface area contributed by atoms with Crippen LogP contribution in [0.25, 0.3) is 0 Å². The van der Waals surface area contributed by atoms with Crippen molar-refractivity contribution in [1.29, 1.82) is 0 Å². The number of ether oxygens (including phenoxy) is 3. The van der Waals surface area contributed by atoms with Crippen LogP contribution in [-0.4, -0.2) is 69.2 Å². The maximum atomic E-state index is 12.5. The number of nitrogens with one attached hydrogen (secondary N) is 1. The van der Waals surface area contributed by atoms with Crippen LogP contribution in [0.3, 0.4) is 0 Å². The van der Waals surface area contributed by atoms with E-state index in [-0.39, 0.29) is 30.6 Å². The molecule has 2 aromatic carbocycles. The van der Waals surface area contributed by atoms with E-state index in [0.29, 0.717) is 37.6 Å². The highest BCUT2D eigenvalue weighted by molar-refractivity contribution is 5.97. The quantitative estimate of drug-likeness (QED) is 0.726. The van der Waals surface area contributed by atoms with E-state index < -0.39 is 5.97 Å². The number of rotatable bonds is 5. The smallest absolute Gasteiger partial charge is 0.338 e. The number of piperazine rings is 1. The summed E-state index contributed by atoms with van der Waals surface area (Å²) in [5.41, 5.74) is 1.83. The zero-order valence-electron chi connectivity index (χ0n) is 17.1. The first-order valence-corrected chi connectivity index (χ1v) is 9.94. The molecular weight excluding hydrogens is 402 g/mol. The minimum Gasteiger partial charge on any atom is -0.497 e. The van der Waals surface area contributed by atoms with Crippen LogP contribution in [0.1, 0.15) is 10.4 Å². The van der Waals surface area contributed by atoms with E-state index in [1.54, 1.807) is 18.1 Å². The van der Waals surface area contributed by atoms with Gasteiger partial charge in [0.15, 0.2) is 13.2 Å². The molecule has 2 amide bonds. The minimum absolute atomic E-state index is 0.105. The molecule has 0 saturated carbocycles. The highest BCUT2D eigenvalue weighted by Gasteiger charge is 2.23. The number of nitrogens with zero attached hydrogens (tertiary/aromatic N) is 2. The largest absolute Gasteiger partial charge is 0.497 e. The average molecular weight is 425 g/mol. The molecule has 9 heteroatoms. The third-order valence-corrected chi connectivity index (χ3v) is 5.25. The lowest BCUT2D eigenvalue weighted by atomic mass is 10.1. The van der Waals surface area contributed by atoms with Crippen LogP contribution in [0.5, 0.6) is 11.5 Å². The van der Waals surface area contributed by atoms with Crippen molar-refractivity contribution in [3.05, 3.63) is 48.0 Å². The van der Waals surface area contributed by atoms with E-state index in [4.69, 9.17) is 14.2 Å². The van der Waals surface area contributed by atoms with Crippen molar-refractivity contribution >= 4 is 29.2 Å². The molecule has 1 fully saturated rings. The fraction of sp³-hybridized carbons (Fsp3) is 0.318. The molecule has 162 valence electrons. The van der Waals surface area contributed by atoms with Gasteiger partial charge in [-0.3, -0.25) is 9.59 Å². The van der Waals surface area contributed by atoms with E-state index in [0.717, 1.165) is 11.4 Å². The van der Waals surface area contributed by atoms with Gasteiger partial charge in [0, 0.05) is 31.9 Å². The van der Waals surface area contributed by atoms with Crippen molar-refractivity contribution in [2.45, 2.75) is 0 Å². The predicted molar refractivity (Wildman–Crippen MR) is 113 cm³/mol. The Labute approximate surface area is 179 Å². The molecule has 4 rings (SSSR count). The van der Waals surface area contributed by atoms with Crippen molar-refractivity contribution in [3.63, 3.8) is 0 Å². The Morgan fingerprint density at radius 3 is 2.52 bits per heavy atom. The number of methoxy groups -OCH3 is 1. The van der Waals surface area contributed by atoms with Crippen molar-refractivity contribution in [1.82, 2.24) is 4.90 Å². The molecule has 1 saturated heterocycles. The molecule has 2 aliphatic heterocycles. The second-order valence-corrected chi connectivity index (χ2v) is 7.19. The van der Waals surface area contributed by atoms with E-state index in [2.05, 4.69) is 10.2 Å². The summed E-state index contributed by atoms with van der Waals surface area (Å²) in [6.07, 6.45) is 0. The van der Waals surface area contributed by atoms with Gasteiger partial charge in [-0.05, 0) is 42.5 Å². The number of carbonyl (C=O) groups excluding carboxylic acids is 3. The van der Waals surface area contributed by atoms with Crippen LogP contribution in [0.4, 0.5) is 11.4 Å². The van der Waals surface area contributed by atoms with Crippen molar-refractivity contribution < 1.29 is 28.6 Å². The number of carbonyl (C=O) groups is 3. The Morgan fingerprint density at radius 1 is 1.06 bits per heavy atom. The summed E-state index contributed by atoms with van der Waals surface area (Å²) >= 11 is 0. The second-order valence-electron chi connectivity index (χ2n) is 7.19. The lowest BCUT2D eigenvalue weighted by molar-refractivity contribution is -0.134. The molecule has 0 aliphatic carbocycles. The molecular formula is C22H23N3O6. The van der Waals surface area contributed by atoms with Gasteiger partial charge in [0.05, 0.1) is 18.4 Å². The number of hydrogen-bond donors (Lipinski definition) is 1. The second kappa shape index (κ2) is 8.95. The van der Waals surface area contributed by atoms with Gasteiger partial charge in [0.1, 0.15) is 11.5 Å². The van der Waals surface area contributed by atoms with Crippen LogP contribution < -0.4 is 19.7 Å². The number of esters is 1. The summed E-state index contributed by atoms with van der Waals surface area (Å²) in [7, 11) is 1.63. The monoisotopic (exact) mass is 425 g/mol. The number of benzene rings is 2. The lowest BCUT2D eigenvalue weighted by Crippen LogP contribution is -2.49. The molecule has 31 heavy (non-hydrogen) atoms. The predicted octanol–water partition coefficient (Wildman–Crippen LogP) is 1.53. The zero-order chi connectivity index (χ0) is 21.8. The molecule has 0 atom stereocenters. The Morgan fingerprint density at radius 2 is 1.81 bits per heavy atom. The number of anilines is 2. The van der Waals surface area contributed by atoms with E-state index >= 15 is 0 Å². The first-order chi connectivity index (χ1) is 15.0. The lowest BCUT2D eigenvalue weighted by Gasteiger charge is -2.36. The van der Waals surface area contributed by atoms with Gasteiger partial charge in [0.2, 0.25) is 0 Å². The molecule has 2 aliphatic rings. The third-order valence-electron chi connectivity index (χ3n) is 5.25. The van der Waals surface area contributed by atoms with Crippen molar-refractivity contribution in [2.75, 3.05) is 56.7 Å². The SMILES string of the molecule is COc1ccc(N2CCN(C(=O)COC(=O)c3ccc4c(c3)OCC(=O)N4)CC2)cc1. The summed E-state index contributed by atoms with van der Waals surface area (Å²) in [6.45, 7) is 2.06. The molecule has 0 bridgehead atoms. The Bertz CT molecular complexity index is 983. The first-order valence-electron chi connectivity index (χ1n) is 9.94. The average Bonchev–Trinajstić information content (AvgIpc) is 2.82.